The van der Waals surface area contributed by atoms with Gasteiger partial charge in [-0.15, -0.1) is 0 Å². The van der Waals surface area contributed by atoms with Gasteiger partial charge in [-0.2, -0.15) is 0 Å². The van der Waals surface area contributed by atoms with Crippen LogP contribution in [0, 0.1) is 6.92 Å². The molecule has 0 aliphatic rings. The third kappa shape index (κ3) is 5.00. The van der Waals surface area contributed by atoms with E-state index >= 15 is 0 Å². The van der Waals surface area contributed by atoms with Crippen LogP contribution in [-0.4, -0.2) is 44.6 Å². The molecule has 0 bridgehead atoms. The first kappa shape index (κ1) is 24.3. The summed E-state index contributed by atoms with van der Waals surface area (Å²) < 4.78 is 73.0. The number of aryl methyl sites for hydroxylation is 1. The third-order valence-corrected chi connectivity index (χ3v) is 9.12. The Kier molecular flexibility index (Phi) is 7.01. The highest BCUT2D eigenvalue weighted by Crippen LogP contribution is 2.27. The van der Waals surface area contributed by atoms with E-state index in [4.69, 9.17) is 0 Å². The fourth-order valence-corrected chi connectivity index (χ4v) is 6.25. The van der Waals surface area contributed by atoms with Gasteiger partial charge < -0.3 is 9.45 Å². The largest absolute Gasteiger partial charge is 0.305 e. The quantitative estimate of drug-likeness (QED) is 0.503. The molecule has 0 aliphatic heterocycles. The molecule has 1 unspecified atom stereocenters. The Balaban J connectivity index is 1.99. The number of hydrogen-bond acceptors (Lipinski definition) is 6. The van der Waals surface area contributed by atoms with Gasteiger partial charge in [0.25, 0.3) is 0 Å². The molecule has 3 rings (SSSR count). The van der Waals surface area contributed by atoms with Gasteiger partial charge in [0.15, 0.2) is 11.1 Å². The van der Waals surface area contributed by atoms with Crippen molar-refractivity contribution in [2.24, 2.45) is 0 Å². The summed E-state index contributed by atoms with van der Waals surface area (Å²) in [5.41, 5.74) is 1.34. The SMILES string of the molecule is Cc1ccc(S(=O)(=O)c2ccc(S(=O)(=O)c3ccc(S(=O)O)c(CN(C)C)c3)cc2)cc1. The Bertz CT molecular complexity index is 1360. The van der Waals surface area contributed by atoms with Crippen LogP contribution in [0.2, 0.25) is 0 Å². The first-order valence-corrected chi connectivity index (χ1v) is 13.6. The van der Waals surface area contributed by atoms with E-state index in [2.05, 4.69) is 0 Å². The van der Waals surface area contributed by atoms with Gasteiger partial charge in [0, 0.05) is 6.54 Å². The van der Waals surface area contributed by atoms with Crippen LogP contribution in [0.4, 0.5) is 0 Å². The molecule has 0 saturated heterocycles. The highest BCUT2D eigenvalue weighted by molar-refractivity contribution is 7.92. The van der Waals surface area contributed by atoms with Crippen molar-refractivity contribution in [2.45, 2.75) is 37.9 Å². The highest BCUT2D eigenvalue weighted by atomic mass is 32.2. The van der Waals surface area contributed by atoms with Gasteiger partial charge in [0.05, 0.1) is 24.5 Å². The van der Waals surface area contributed by atoms with Crippen molar-refractivity contribution < 1.29 is 25.6 Å². The zero-order valence-corrected chi connectivity index (χ0v) is 20.2. The normalized spacial score (nSPS) is 13.3. The number of hydrogen-bond donors (Lipinski definition) is 1. The maximum absolute atomic E-state index is 13.1. The lowest BCUT2D eigenvalue weighted by atomic mass is 10.2. The molecular weight excluding hydrogens is 470 g/mol. The maximum Gasteiger partial charge on any atom is 0.206 e. The molecular formula is C22H23NO6S3. The van der Waals surface area contributed by atoms with Crippen molar-refractivity contribution in [3.05, 3.63) is 77.9 Å². The summed E-state index contributed by atoms with van der Waals surface area (Å²) in [5.74, 6) is 0. The molecule has 3 aromatic carbocycles. The lowest BCUT2D eigenvalue weighted by Gasteiger charge is -2.14. The van der Waals surface area contributed by atoms with Crippen LogP contribution in [0.5, 0.6) is 0 Å². The molecule has 1 atom stereocenters. The smallest absolute Gasteiger partial charge is 0.206 e. The van der Waals surface area contributed by atoms with Gasteiger partial charge >= 0.3 is 0 Å². The summed E-state index contributed by atoms with van der Waals surface area (Å²) in [7, 11) is -4.22. The third-order valence-electron chi connectivity index (χ3n) is 4.79. The Morgan fingerprint density at radius 1 is 0.750 bits per heavy atom. The van der Waals surface area contributed by atoms with Gasteiger partial charge in [-0.1, -0.05) is 17.7 Å². The molecule has 3 aromatic rings. The second kappa shape index (κ2) is 9.24. The molecule has 0 heterocycles. The van der Waals surface area contributed by atoms with Crippen LogP contribution in [0.15, 0.2) is 91.2 Å². The Morgan fingerprint density at radius 3 is 1.59 bits per heavy atom. The number of sulfone groups is 2. The summed E-state index contributed by atoms with van der Waals surface area (Å²) >= 11 is -2.26. The summed E-state index contributed by atoms with van der Waals surface area (Å²) in [6, 6.07) is 15.4. The monoisotopic (exact) mass is 493 g/mol. The first-order chi connectivity index (χ1) is 14.9. The molecule has 0 fully saturated rings. The average molecular weight is 494 g/mol. The van der Waals surface area contributed by atoms with E-state index in [9.17, 15) is 25.6 Å². The zero-order valence-electron chi connectivity index (χ0n) is 17.7. The fraction of sp³-hybridized carbons (Fsp3) is 0.182. The zero-order chi connectivity index (χ0) is 23.7. The lowest BCUT2D eigenvalue weighted by molar-refractivity contribution is 0.398. The summed E-state index contributed by atoms with van der Waals surface area (Å²) in [6.07, 6.45) is 0. The molecule has 0 spiro atoms. The molecule has 10 heteroatoms. The fourth-order valence-electron chi connectivity index (χ4n) is 3.15. The van der Waals surface area contributed by atoms with Gasteiger partial charge in [-0.05, 0) is 81.2 Å². The van der Waals surface area contributed by atoms with E-state index in [1.165, 1.54) is 54.6 Å². The van der Waals surface area contributed by atoms with Crippen molar-refractivity contribution >= 4 is 30.8 Å². The molecule has 0 aliphatic carbocycles. The number of benzene rings is 3. The van der Waals surface area contributed by atoms with Crippen molar-refractivity contribution in [2.75, 3.05) is 14.1 Å². The minimum atomic E-state index is -3.97. The molecule has 0 amide bonds. The minimum Gasteiger partial charge on any atom is -0.305 e. The van der Waals surface area contributed by atoms with E-state index < -0.39 is 30.8 Å². The molecule has 7 nitrogen and oxygen atoms in total. The minimum absolute atomic E-state index is 0.0142. The van der Waals surface area contributed by atoms with E-state index in [0.717, 1.165) is 5.56 Å². The van der Waals surface area contributed by atoms with Crippen molar-refractivity contribution in [3.8, 4) is 0 Å². The molecule has 1 N–H and O–H groups in total. The van der Waals surface area contributed by atoms with E-state index in [0.29, 0.717) is 5.56 Å². The highest BCUT2D eigenvalue weighted by Gasteiger charge is 2.23. The van der Waals surface area contributed by atoms with Crippen LogP contribution in [-0.2, 0) is 37.3 Å². The second-order valence-corrected chi connectivity index (χ2v) is 12.4. The standard InChI is InChI=1S/C22H23NO6S3/c1-16-4-6-18(7-5-16)31(26,27)19-8-10-20(11-9-19)32(28,29)21-12-13-22(30(24)25)17(14-21)15-23(2)3/h4-14H,15H2,1-3H3,(H,24,25). The van der Waals surface area contributed by atoms with Crippen LogP contribution in [0.1, 0.15) is 11.1 Å². The van der Waals surface area contributed by atoms with Crippen molar-refractivity contribution in [3.63, 3.8) is 0 Å². The van der Waals surface area contributed by atoms with E-state index in [1.54, 1.807) is 31.1 Å². The van der Waals surface area contributed by atoms with Crippen LogP contribution in [0.25, 0.3) is 0 Å². The summed E-state index contributed by atoms with van der Waals surface area (Å²) in [4.78, 5) is 1.88. The Hall–Kier alpha value is -2.37. The first-order valence-electron chi connectivity index (χ1n) is 9.48. The predicted molar refractivity (Wildman–Crippen MR) is 121 cm³/mol. The van der Waals surface area contributed by atoms with Crippen LogP contribution in [0.3, 0.4) is 0 Å². The predicted octanol–water partition coefficient (Wildman–Crippen LogP) is 3.30. The number of nitrogens with zero attached hydrogens (tertiary/aromatic N) is 1. The van der Waals surface area contributed by atoms with Gasteiger partial charge in [-0.3, -0.25) is 0 Å². The van der Waals surface area contributed by atoms with E-state index in [1.807, 2.05) is 6.92 Å². The van der Waals surface area contributed by atoms with Gasteiger partial charge in [0.2, 0.25) is 19.7 Å². The average Bonchev–Trinajstić information content (AvgIpc) is 2.73. The topological polar surface area (TPSA) is 109 Å². The van der Waals surface area contributed by atoms with Crippen molar-refractivity contribution in [1.29, 1.82) is 0 Å². The van der Waals surface area contributed by atoms with Gasteiger partial charge in [0.1, 0.15) is 0 Å². The van der Waals surface area contributed by atoms with E-state index in [-0.39, 0.29) is 31.0 Å². The Labute approximate surface area is 190 Å². The maximum atomic E-state index is 13.1. The molecule has 170 valence electrons. The van der Waals surface area contributed by atoms with Crippen LogP contribution >= 0.6 is 0 Å². The molecule has 0 saturated carbocycles. The molecule has 0 radical (unpaired) electrons. The molecule has 32 heavy (non-hydrogen) atoms. The summed E-state index contributed by atoms with van der Waals surface area (Å²) in [5, 5.41) is 0. The van der Waals surface area contributed by atoms with Crippen molar-refractivity contribution in [1.82, 2.24) is 4.90 Å². The Morgan fingerprint density at radius 2 is 1.16 bits per heavy atom. The second-order valence-electron chi connectivity index (χ2n) is 7.55. The number of rotatable bonds is 7. The summed E-state index contributed by atoms with van der Waals surface area (Å²) in [6.45, 7) is 2.13. The van der Waals surface area contributed by atoms with Gasteiger partial charge in [-0.25, -0.2) is 21.0 Å². The molecule has 0 aromatic heterocycles. The van der Waals surface area contributed by atoms with Crippen LogP contribution < -0.4 is 0 Å². The lowest BCUT2D eigenvalue weighted by Crippen LogP contribution is -2.14.